The molecule has 0 aliphatic carbocycles. The van der Waals surface area contributed by atoms with Gasteiger partial charge in [0.25, 0.3) is 11.5 Å². The molecule has 1 N–H and O–H groups in total. The van der Waals surface area contributed by atoms with Crippen molar-refractivity contribution in [2.75, 3.05) is 19.6 Å². The molecule has 0 radical (unpaired) electrons. The van der Waals surface area contributed by atoms with E-state index < -0.39 is 0 Å². The fourth-order valence-electron chi connectivity index (χ4n) is 2.68. The standard InChI is InChI=1S/C15H18N4O2.ClH/c1-10-4-3-6-19-13(10)17-8-12(15(19)21)14(20)18-7-5-16-11(2)9-18;/h3-4,6,8,11,16H,5,7,9H2,1-2H3;1H/t11-;/m1./s1. The zero-order valence-corrected chi connectivity index (χ0v) is 13.4. The van der Waals surface area contributed by atoms with E-state index in [1.54, 1.807) is 17.2 Å². The molecular weight excluding hydrogens is 304 g/mol. The van der Waals surface area contributed by atoms with Crippen molar-refractivity contribution in [2.45, 2.75) is 19.9 Å². The van der Waals surface area contributed by atoms with Gasteiger partial charge in [-0.1, -0.05) is 6.07 Å². The van der Waals surface area contributed by atoms with E-state index in [1.807, 2.05) is 19.9 Å². The zero-order chi connectivity index (χ0) is 15.0. The maximum absolute atomic E-state index is 12.5. The highest BCUT2D eigenvalue weighted by molar-refractivity contribution is 5.94. The molecule has 22 heavy (non-hydrogen) atoms. The number of halogens is 1. The largest absolute Gasteiger partial charge is 0.336 e. The van der Waals surface area contributed by atoms with Crippen molar-refractivity contribution >= 4 is 24.0 Å². The molecule has 0 aromatic carbocycles. The van der Waals surface area contributed by atoms with Crippen LogP contribution >= 0.6 is 12.4 Å². The Morgan fingerprint density at radius 3 is 2.95 bits per heavy atom. The van der Waals surface area contributed by atoms with Gasteiger partial charge in [-0.3, -0.25) is 14.0 Å². The minimum absolute atomic E-state index is 0. The van der Waals surface area contributed by atoms with E-state index >= 15 is 0 Å². The lowest BCUT2D eigenvalue weighted by atomic mass is 10.2. The Balaban J connectivity index is 0.00000176. The first kappa shape index (κ1) is 16.5. The number of rotatable bonds is 1. The average molecular weight is 323 g/mol. The lowest BCUT2D eigenvalue weighted by molar-refractivity contribution is 0.0706. The highest BCUT2D eigenvalue weighted by atomic mass is 35.5. The molecule has 0 saturated carbocycles. The topological polar surface area (TPSA) is 66.7 Å². The van der Waals surface area contributed by atoms with Crippen molar-refractivity contribution < 1.29 is 4.79 Å². The monoisotopic (exact) mass is 322 g/mol. The SMILES string of the molecule is Cc1cccn2c(=O)c(C(=O)N3CCN[C@H](C)C3)cnc12.Cl. The molecule has 118 valence electrons. The second-order valence-electron chi connectivity index (χ2n) is 5.47. The van der Waals surface area contributed by atoms with E-state index in [9.17, 15) is 9.59 Å². The molecule has 3 heterocycles. The molecule has 3 rings (SSSR count). The molecule has 1 aliphatic rings. The van der Waals surface area contributed by atoms with Crippen LogP contribution in [0.5, 0.6) is 0 Å². The minimum atomic E-state index is -0.306. The summed E-state index contributed by atoms with van der Waals surface area (Å²) in [5.74, 6) is -0.239. The molecule has 0 spiro atoms. The molecule has 1 aliphatic heterocycles. The van der Waals surface area contributed by atoms with Gasteiger partial charge in [-0.25, -0.2) is 4.98 Å². The first-order valence-electron chi connectivity index (χ1n) is 7.07. The molecule has 2 aromatic rings. The summed E-state index contributed by atoms with van der Waals surface area (Å²) in [5.41, 5.74) is 1.32. The van der Waals surface area contributed by atoms with Gasteiger partial charge in [-0.05, 0) is 25.5 Å². The van der Waals surface area contributed by atoms with Crippen LogP contribution in [0.3, 0.4) is 0 Å². The van der Waals surface area contributed by atoms with Gasteiger partial charge >= 0.3 is 0 Å². The van der Waals surface area contributed by atoms with Crippen LogP contribution in [-0.2, 0) is 0 Å². The summed E-state index contributed by atoms with van der Waals surface area (Å²) in [6.07, 6.45) is 3.05. The normalized spacial score (nSPS) is 18.1. The Morgan fingerprint density at radius 2 is 2.23 bits per heavy atom. The first-order valence-corrected chi connectivity index (χ1v) is 7.07. The number of pyridine rings is 1. The predicted octanol–water partition coefficient (Wildman–Crippen LogP) is 0.859. The molecule has 6 nitrogen and oxygen atoms in total. The van der Waals surface area contributed by atoms with Crippen LogP contribution < -0.4 is 10.9 Å². The van der Waals surface area contributed by atoms with Crippen molar-refractivity contribution in [2.24, 2.45) is 0 Å². The van der Waals surface area contributed by atoms with Gasteiger partial charge < -0.3 is 10.2 Å². The third-order valence-electron chi connectivity index (χ3n) is 3.81. The summed E-state index contributed by atoms with van der Waals surface area (Å²) in [4.78, 5) is 31.0. The lowest BCUT2D eigenvalue weighted by Gasteiger charge is -2.31. The highest BCUT2D eigenvalue weighted by Crippen LogP contribution is 2.08. The van der Waals surface area contributed by atoms with Gasteiger partial charge in [0, 0.05) is 38.1 Å². The number of carbonyl (C=O) groups excluding carboxylic acids is 1. The molecule has 1 amide bonds. The van der Waals surface area contributed by atoms with Crippen LogP contribution in [0.1, 0.15) is 22.8 Å². The van der Waals surface area contributed by atoms with E-state index in [4.69, 9.17) is 0 Å². The van der Waals surface area contributed by atoms with E-state index in [-0.39, 0.29) is 35.5 Å². The van der Waals surface area contributed by atoms with Crippen molar-refractivity contribution in [3.05, 3.63) is 46.0 Å². The number of hydrogen-bond acceptors (Lipinski definition) is 4. The smallest absolute Gasteiger partial charge is 0.270 e. The quantitative estimate of drug-likeness (QED) is 0.845. The Labute approximate surface area is 134 Å². The van der Waals surface area contributed by atoms with Crippen LogP contribution in [0.25, 0.3) is 5.65 Å². The number of amides is 1. The Morgan fingerprint density at radius 1 is 1.45 bits per heavy atom. The third-order valence-corrected chi connectivity index (χ3v) is 3.81. The van der Waals surface area contributed by atoms with E-state index in [0.717, 1.165) is 12.1 Å². The summed E-state index contributed by atoms with van der Waals surface area (Å²) in [5, 5.41) is 3.28. The van der Waals surface area contributed by atoms with E-state index in [0.29, 0.717) is 18.7 Å². The number of nitrogens with one attached hydrogen (secondary N) is 1. The molecule has 2 aromatic heterocycles. The van der Waals surface area contributed by atoms with Gasteiger partial charge in [0.15, 0.2) is 0 Å². The number of fused-ring (bicyclic) bond motifs is 1. The van der Waals surface area contributed by atoms with Crippen LogP contribution in [0.4, 0.5) is 0 Å². The number of aromatic nitrogens is 2. The number of nitrogens with zero attached hydrogens (tertiary/aromatic N) is 3. The molecule has 7 heteroatoms. The van der Waals surface area contributed by atoms with Gasteiger partial charge in [0.2, 0.25) is 0 Å². The summed E-state index contributed by atoms with van der Waals surface area (Å²) < 4.78 is 1.44. The first-order chi connectivity index (χ1) is 10.1. The van der Waals surface area contributed by atoms with Crippen molar-refractivity contribution in [3.8, 4) is 0 Å². The van der Waals surface area contributed by atoms with Gasteiger partial charge in [0.05, 0.1) is 0 Å². The third kappa shape index (κ3) is 2.84. The Kier molecular flexibility index (Phi) is 4.83. The predicted molar refractivity (Wildman–Crippen MR) is 86.8 cm³/mol. The van der Waals surface area contributed by atoms with E-state index in [1.165, 1.54) is 10.6 Å². The molecule has 1 saturated heterocycles. The van der Waals surface area contributed by atoms with Crippen LogP contribution in [0.15, 0.2) is 29.3 Å². The number of piperazine rings is 1. The second kappa shape index (κ2) is 6.46. The van der Waals surface area contributed by atoms with Crippen LogP contribution in [0.2, 0.25) is 0 Å². The maximum atomic E-state index is 12.5. The summed E-state index contributed by atoms with van der Waals surface area (Å²) in [6.45, 7) is 5.87. The fourth-order valence-corrected chi connectivity index (χ4v) is 2.68. The minimum Gasteiger partial charge on any atom is -0.336 e. The Bertz CT molecular complexity index is 759. The van der Waals surface area contributed by atoms with Crippen LogP contribution in [0, 0.1) is 6.92 Å². The van der Waals surface area contributed by atoms with Crippen molar-refractivity contribution in [3.63, 3.8) is 0 Å². The molecule has 0 bridgehead atoms. The zero-order valence-electron chi connectivity index (χ0n) is 12.6. The van der Waals surface area contributed by atoms with Gasteiger partial charge in [-0.2, -0.15) is 0 Å². The number of aryl methyl sites for hydroxylation is 1. The molecular formula is C15H19ClN4O2. The van der Waals surface area contributed by atoms with Crippen LogP contribution in [-0.4, -0.2) is 45.9 Å². The molecule has 1 atom stereocenters. The van der Waals surface area contributed by atoms with Gasteiger partial charge in [0.1, 0.15) is 11.2 Å². The maximum Gasteiger partial charge on any atom is 0.270 e. The summed E-state index contributed by atoms with van der Waals surface area (Å²) >= 11 is 0. The Hall–Kier alpha value is -1.92. The average Bonchev–Trinajstić information content (AvgIpc) is 2.48. The number of carbonyl (C=O) groups is 1. The summed E-state index contributed by atoms with van der Waals surface area (Å²) in [6, 6.07) is 3.91. The number of hydrogen-bond donors (Lipinski definition) is 1. The fraction of sp³-hybridized carbons (Fsp3) is 0.400. The molecule has 1 fully saturated rings. The van der Waals surface area contributed by atoms with Gasteiger partial charge in [-0.15, -0.1) is 12.4 Å². The molecule has 0 unspecified atom stereocenters. The second-order valence-corrected chi connectivity index (χ2v) is 5.47. The van der Waals surface area contributed by atoms with Crippen molar-refractivity contribution in [1.82, 2.24) is 19.6 Å². The lowest BCUT2D eigenvalue weighted by Crippen LogP contribution is -2.52. The summed E-state index contributed by atoms with van der Waals surface area (Å²) in [7, 11) is 0. The van der Waals surface area contributed by atoms with Crippen molar-refractivity contribution in [1.29, 1.82) is 0 Å². The highest BCUT2D eigenvalue weighted by Gasteiger charge is 2.24. The van der Waals surface area contributed by atoms with E-state index in [2.05, 4.69) is 10.3 Å².